The van der Waals surface area contributed by atoms with Gasteiger partial charge < -0.3 is 5.32 Å². The maximum Gasteiger partial charge on any atom is 0.418 e. The topological polar surface area (TPSA) is 32.3 Å². The Bertz CT molecular complexity index is 1020. The number of benzene rings is 1. The number of hydrogen-bond acceptors (Lipinski definition) is 4. The van der Waals surface area contributed by atoms with E-state index < -0.39 is 23.3 Å². The van der Waals surface area contributed by atoms with E-state index in [0.717, 1.165) is 22.9 Å². The number of fused-ring (bicyclic) bond motifs is 1. The fraction of sp³-hybridized carbons (Fsp3) is 0.250. The molecule has 0 fully saturated rings. The molecule has 0 saturated heterocycles. The van der Waals surface area contributed by atoms with E-state index in [9.17, 15) is 18.0 Å². The minimum absolute atomic E-state index is 0.0274. The minimum atomic E-state index is -4.61. The fourth-order valence-electron chi connectivity index (χ4n) is 3.57. The first kappa shape index (κ1) is 20.4. The van der Waals surface area contributed by atoms with Crippen LogP contribution < -0.4 is 5.32 Å². The van der Waals surface area contributed by atoms with E-state index in [4.69, 9.17) is 11.6 Å². The molecular formula is C20H16ClF3N2OS2. The highest BCUT2D eigenvalue weighted by atomic mass is 35.5. The number of rotatable bonds is 4. The van der Waals surface area contributed by atoms with Crippen molar-refractivity contribution < 1.29 is 18.0 Å². The fourth-order valence-corrected chi connectivity index (χ4v) is 5.57. The summed E-state index contributed by atoms with van der Waals surface area (Å²) in [4.78, 5) is 17.1. The molecule has 1 amide bonds. The van der Waals surface area contributed by atoms with Crippen molar-refractivity contribution in [3.05, 3.63) is 73.1 Å². The van der Waals surface area contributed by atoms with Gasteiger partial charge in [0.2, 0.25) is 5.91 Å². The Hall–Kier alpha value is -1.87. The summed E-state index contributed by atoms with van der Waals surface area (Å²) in [5, 5.41) is 6.27. The van der Waals surface area contributed by atoms with Crippen molar-refractivity contribution >= 4 is 45.9 Å². The van der Waals surface area contributed by atoms with Gasteiger partial charge in [0.25, 0.3) is 0 Å². The standard InChI is InChI=1S/C20H16ClF3N2OS2/c21-14-4-1-3-13(20(22,23)24)18(14)25-17(27)11-26-8-6-15-12(7-10-29-15)19(26)16-5-2-9-28-16/h1-5,7,9-10,19H,6,8,11H2,(H,25,27). The van der Waals surface area contributed by atoms with Crippen LogP contribution in [0.1, 0.15) is 26.9 Å². The van der Waals surface area contributed by atoms with Gasteiger partial charge in [0, 0.05) is 16.3 Å². The molecule has 1 atom stereocenters. The summed E-state index contributed by atoms with van der Waals surface area (Å²) in [6.07, 6.45) is -3.80. The molecular weight excluding hydrogens is 441 g/mol. The summed E-state index contributed by atoms with van der Waals surface area (Å²) in [5.41, 5.74) is -0.190. The number of nitrogens with one attached hydrogen (secondary N) is 1. The molecule has 0 radical (unpaired) electrons. The van der Waals surface area contributed by atoms with Crippen molar-refractivity contribution in [1.82, 2.24) is 4.90 Å². The summed E-state index contributed by atoms with van der Waals surface area (Å²) in [7, 11) is 0. The monoisotopic (exact) mass is 456 g/mol. The largest absolute Gasteiger partial charge is 0.418 e. The lowest BCUT2D eigenvalue weighted by Gasteiger charge is -2.35. The first-order valence-electron chi connectivity index (χ1n) is 8.84. The van der Waals surface area contributed by atoms with Crippen molar-refractivity contribution in [2.75, 3.05) is 18.4 Å². The second kappa shape index (κ2) is 8.10. The molecule has 152 valence electrons. The third-order valence-electron chi connectivity index (χ3n) is 4.81. The van der Waals surface area contributed by atoms with Crippen LogP contribution in [0, 0.1) is 0 Å². The summed E-state index contributed by atoms with van der Waals surface area (Å²) in [6, 6.07) is 9.42. The van der Waals surface area contributed by atoms with Crippen LogP contribution in [-0.2, 0) is 17.4 Å². The maximum absolute atomic E-state index is 13.3. The average molecular weight is 457 g/mol. The molecule has 3 aromatic rings. The molecule has 3 heterocycles. The van der Waals surface area contributed by atoms with Gasteiger partial charge in [0.05, 0.1) is 28.9 Å². The van der Waals surface area contributed by atoms with Crippen LogP contribution in [0.15, 0.2) is 47.2 Å². The molecule has 29 heavy (non-hydrogen) atoms. The van der Waals surface area contributed by atoms with Crippen molar-refractivity contribution in [2.24, 2.45) is 0 Å². The second-order valence-electron chi connectivity index (χ2n) is 6.65. The minimum Gasteiger partial charge on any atom is -0.323 e. The first-order valence-corrected chi connectivity index (χ1v) is 11.0. The van der Waals surface area contributed by atoms with Crippen LogP contribution >= 0.6 is 34.3 Å². The number of anilines is 1. The van der Waals surface area contributed by atoms with Crippen LogP contribution in [0.2, 0.25) is 5.02 Å². The Morgan fingerprint density at radius 1 is 1.17 bits per heavy atom. The number of halogens is 4. The summed E-state index contributed by atoms with van der Waals surface area (Å²) in [6.45, 7) is 0.624. The molecule has 1 aliphatic heterocycles. The smallest absolute Gasteiger partial charge is 0.323 e. The molecule has 2 aromatic heterocycles. The number of carbonyl (C=O) groups excluding carboxylic acids is 1. The molecule has 1 aliphatic rings. The van der Waals surface area contributed by atoms with E-state index in [1.807, 2.05) is 27.8 Å². The number of alkyl halides is 3. The number of amides is 1. The molecule has 0 aliphatic carbocycles. The van der Waals surface area contributed by atoms with Gasteiger partial charge in [-0.05, 0) is 47.0 Å². The third kappa shape index (κ3) is 4.21. The molecule has 1 N–H and O–H groups in total. The van der Waals surface area contributed by atoms with Gasteiger partial charge in [-0.3, -0.25) is 9.69 Å². The van der Waals surface area contributed by atoms with Gasteiger partial charge in [-0.2, -0.15) is 13.2 Å². The van der Waals surface area contributed by atoms with E-state index in [2.05, 4.69) is 11.4 Å². The molecule has 0 saturated carbocycles. The van der Waals surface area contributed by atoms with Crippen LogP contribution in [0.3, 0.4) is 0 Å². The molecule has 1 aromatic carbocycles. The van der Waals surface area contributed by atoms with E-state index >= 15 is 0 Å². The summed E-state index contributed by atoms with van der Waals surface area (Å²) >= 11 is 9.25. The SMILES string of the molecule is O=C(CN1CCc2sccc2C1c1cccs1)Nc1c(Cl)cccc1C(F)(F)F. The number of thiophene rings is 2. The highest BCUT2D eigenvalue weighted by Gasteiger charge is 2.36. The predicted molar refractivity (Wildman–Crippen MR) is 111 cm³/mol. The molecule has 4 rings (SSSR count). The lowest BCUT2D eigenvalue weighted by molar-refractivity contribution is -0.137. The van der Waals surface area contributed by atoms with Gasteiger partial charge in [0.1, 0.15) is 0 Å². The van der Waals surface area contributed by atoms with Gasteiger partial charge in [-0.15, -0.1) is 22.7 Å². The van der Waals surface area contributed by atoms with E-state index in [-0.39, 0.29) is 17.6 Å². The quantitative estimate of drug-likeness (QED) is 0.517. The molecule has 9 heteroatoms. The van der Waals surface area contributed by atoms with Crippen molar-refractivity contribution in [3.8, 4) is 0 Å². The van der Waals surface area contributed by atoms with Crippen LogP contribution in [0.5, 0.6) is 0 Å². The van der Waals surface area contributed by atoms with E-state index in [1.54, 1.807) is 22.7 Å². The van der Waals surface area contributed by atoms with Crippen LogP contribution in [-0.4, -0.2) is 23.9 Å². The van der Waals surface area contributed by atoms with E-state index in [0.29, 0.717) is 6.54 Å². The van der Waals surface area contributed by atoms with Crippen molar-refractivity contribution in [1.29, 1.82) is 0 Å². The van der Waals surface area contributed by atoms with Crippen molar-refractivity contribution in [2.45, 2.75) is 18.6 Å². The number of nitrogens with zero attached hydrogens (tertiary/aromatic N) is 1. The number of carbonyl (C=O) groups is 1. The Morgan fingerprint density at radius 3 is 2.72 bits per heavy atom. The lowest BCUT2D eigenvalue weighted by Crippen LogP contribution is -2.40. The zero-order valence-corrected chi connectivity index (χ0v) is 17.4. The number of hydrogen-bond donors (Lipinski definition) is 1. The number of para-hydroxylation sites is 1. The molecule has 0 bridgehead atoms. The van der Waals surface area contributed by atoms with E-state index in [1.165, 1.54) is 17.0 Å². The van der Waals surface area contributed by atoms with Gasteiger partial charge in [-0.25, -0.2) is 0 Å². The first-order chi connectivity index (χ1) is 13.8. The predicted octanol–water partition coefficient (Wildman–Crippen LogP) is 6.07. The highest BCUT2D eigenvalue weighted by Crippen LogP contribution is 2.40. The van der Waals surface area contributed by atoms with Gasteiger partial charge >= 0.3 is 6.18 Å². The Kier molecular flexibility index (Phi) is 5.70. The Morgan fingerprint density at radius 2 is 2.00 bits per heavy atom. The maximum atomic E-state index is 13.3. The average Bonchev–Trinajstić information content (AvgIpc) is 3.33. The highest BCUT2D eigenvalue weighted by molar-refractivity contribution is 7.10. The second-order valence-corrected chi connectivity index (χ2v) is 9.03. The molecule has 1 unspecified atom stereocenters. The molecule has 3 nitrogen and oxygen atoms in total. The van der Waals surface area contributed by atoms with Gasteiger partial charge in [-0.1, -0.05) is 23.7 Å². The van der Waals surface area contributed by atoms with Crippen molar-refractivity contribution in [3.63, 3.8) is 0 Å². The Balaban J connectivity index is 1.58. The van der Waals surface area contributed by atoms with Gasteiger partial charge in [0.15, 0.2) is 0 Å². The normalized spacial score (nSPS) is 17.2. The molecule has 0 spiro atoms. The van der Waals surface area contributed by atoms with Crippen LogP contribution in [0.25, 0.3) is 0 Å². The lowest BCUT2D eigenvalue weighted by atomic mass is 9.98. The third-order valence-corrected chi connectivity index (χ3v) is 7.04. The summed E-state index contributed by atoms with van der Waals surface area (Å²) < 4.78 is 39.9. The zero-order chi connectivity index (χ0) is 20.6. The summed E-state index contributed by atoms with van der Waals surface area (Å²) in [5.74, 6) is -0.524. The van der Waals surface area contributed by atoms with Crippen LogP contribution in [0.4, 0.5) is 18.9 Å². The zero-order valence-electron chi connectivity index (χ0n) is 15.0. The Labute approximate surface area is 178 Å².